The minimum atomic E-state index is -3.39. The molecule has 0 spiro atoms. The highest BCUT2D eigenvalue weighted by Crippen LogP contribution is 2.36. The van der Waals surface area contributed by atoms with Gasteiger partial charge in [0, 0.05) is 18.0 Å². The lowest BCUT2D eigenvalue weighted by Crippen LogP contribution is -2.29. The van der Waals surface area contributed by atoms with E-state index in [1.54, 1.807) is 10.4 Å². The molecule has 0 saturated carbocycles. The van der Waals surface area contributed by atoms with Gasteiger partial charge in [-0.1, -0.05) is 13.8 Å². The summed E-state index contributed by atoms with van der Waals surface area (Å²) in [6.07, 6.45) is 0.945. The molecule has 1 aromatic heterocycles. The highest BCUT2D eigenvalue weighted by Gasteiger charge is 2.35. The molecule has 3 nitrogen and oxygen atoms in total. The average Bonchev–Trinajstić information content (AvgIpc) is 2.95. The van der Waals surface area contributed by atoms with Crippen molar-refractivity contribution in [3.8, 4) is 0 Å². The van der Waals surface area contributed by atoms with Crippen molar-refractivity contribution in [3.05, 3.63) is 14.7 Å². The standard InChI is InChI=1S/C12H17BrClNO2S2/c1-8(2)9-3-4-15(7-9)19(16,17)11-5-10(6-14)18-12(11)13/h5,8-9H,3-4,6-7H2,1-2H3. The molecule has 0 bridgehead atoms. The maximum absolute atomic E-state index is 12.6. The first-order valence-corrected chi connectivity index (χ1v) is 9.79. The highest BCUT2D eigenvalue weighted by atomic mass is 79.9. The summed E-state index contributed by atoms with van der Waals surface area (Å²) in [4.78, 5) is 1.23. The first-order valence-electron chi connectivity index (χ1n) is 6.20. The molecule has 0 N–H and O–H groups in total. The van der Waals surface area contributed by atoms with Gasteiger partial charge in [0.05, 0.1) is 9.67 Å². The van der Waals surface area contributed by atoms with E-state index in [2.05, 4.69) is 29.8 Å². The van der Waals surface area contributed by atoms with Gasteiger partial charge in [-0.25, -0.2) is 8.42 Å². The van der Waals surface area contributed by atoms with E-state index in [1.807, 2.05) is 0 Å². The molecular weight excluding hydrogens is 370 g/mol. The molecule has 19 heavy (non-hydrogen) atoms. The van der Waals surface area contributed by atoms with Gasteiger partial charge in [-0.3, -0.25) is 0 Å². The molecule has 0 radical (unpaired) electrons. The molecule has 1 aliphatic rings. The summed E-state index contributed by atoms with van der Waals surface area (Å²) in [5.74, 6) is 1.32. The van der Waals surface area contributed by atoms with Gasteiger partial charge in [-0.2, -0.15) is 4.31 Å². The number of hydrogen-bond acceptors (Lipinski definition) is 3. The SMILES string of the molecule is CC(C)C1CCN(S(=O)(=O)c2cc(CCl)sc2Br)C1. The third-order valence-electron chi connectivity index (χ3n) is 3.59. The van der Waals surface area contributed by atoms with Crippen molar-refractivity contribution in [1.82, 2.24) is 4.31 Å². The van der Waals surface area contributed by atoms with Crippen molar-refractivity contribution in [2.45, 2.75) is 31.0 Å². The van der Waals surface area contributed by atoms with Crippen LogP contribution in [-0.4, -0.2) is 25.8 Å². The predicted molar refractivity (Wildman–Crippen MR) is 83.3 cm³/mol. The lowest BCUT2D eigenvalue weighted by atomic mass is 9.96. The zero-order valence-electron chi connectivity index (χ0n) is 10.9. The molecule has 2 rings (SSSR count). The second-order valence-corrected chi connectivity index (χ2v) is 9.77. The summed E-state index contributed by atoms with van der Waals surface area (Å²) >= 11 is 10.5. The van der Waals surface area contributed by atoms with Crippen LogP contribution in [0.4, 0.5) is 0 Å². The van der Waals surface area contributed by atoms with Gasteiger partial charge in [-0.05, 0) is 40.3 Å². The number of thiophene rings is 1. The van der Waals surface area contributed by atoms with Crippen LogP contribution in [0.5, 0.6) is 0 Å². The number of rotatable bonds is 4. The molecule has 1 saturated heterocycles. The van der Waals surface area contributed by atoms with Crippen LogP contribution in [0.3, 0.4) is 0 Å². The van der Waals surface area contributed by atoms with Crippen LogP contribution in [0.15, 0.2) is 14.7 Å². The van der Waals surface area contributed by atoms with Crippen molar-refractivity contribution >= 4 is 48.9 Å². The van der Waals surface area contributed by atoms with Crippen LogP contribution in [0.1, 0.15) is 25.1 Å². The Labute approximate surface area is 132 Å². The van der Waals surface area contributed by atoms with Gasteiger partial charge in [-0.15, -0.1) is 22.9 Å². The summed E-state index contributed by atoms with van der Waals surface area (Å²) in [6, 6.07) is 1.68. The molecule has 1 aromatic rings. The van der Waals surface area contributed by atoms with Gasteiger partial charge in [0.15, 0.2) is 0 Å². The quantitative estimate of drug-likeness (QED) is 0.736. The largest absolute Gasteiger partial charge is 0.245 e. The highest BCUT2D eigenvalue weighted by molar-refractivity contribution is 9.11. The van der Waals surface area contributed by atoms with Crippen LogP contribution in [0.25, 0.3) is 0 Å². The van der Waals surface area contributed by atoms with E-state index < -0.39 is 10.0 Å². The molecule has 0 aromatic carbocycles. The summed E-state index contributed by atoms with van der Waals surface area (Å²) in [5.41, 5.74) is 0. The van der Waals surface area contributed by atoms with Gasteiger partial charge >= 0.3 is 0 Å². The summed E-state index contributed by atoms with van der Waals surface area (Å²) in [5, 5.41) is 0. The van der Waals surface area contributed by atoms with Crippen LogP contribution in [-0.2, 0) is 15.9 Å². The van der Waals surface area contributed by atoms with E-state index in [0.29, 0.717) is 39.5 Å². The molecule has 1 unspecified atom stereocenters. The van der Waals surface area contributed by atoms with Crippen LogP contribution >= 0.6 is 38.9 Å². The first-order chi connectivity index (χ1) is 8.86. The Hall–Kier alpha value is 0.380. The minimum Gasteiger partial charge on any atom is -0.207 e. The lowest BCUT2D eigenvalue weighted by Gasteiger charge is -2.17. The molecule has 0 amide bonds. The van der Waals surface area contributed by atoms with Gasteiger partial charge in [0.25, 0.3) is 0 Å². The number of sulfonamides is 1. The molecule has 1 aliphatic heterocycles. The zero-order valence-corrected chi connectivity index (χ0v) is 14.9. The van der Waals surface area contributed by atoms with Gasteiger partial charge in [0.1, 0.15) is 4.90 Å². The van der Waals surface area contributed by atoms with Crippen molar-refractivity contribution < 1.29 is 8.42 Å². The maximum atomic E-state index is 12.6. The van der Waals surface area contributed by atoms with Crippen molar-refractivity contribution in [2.75, 3.05) is 13.1 Å². The second kappa shape index (κ2) is 6.02. The number of nitrogens with zero attached hydrogens (tertiary/aromatic N) is 1. The first kappa shape index (κ1) is 15.8. The summed E-state index contributed by atoms with van der Waals surface area (Å²) < 4.78 is 27.5. The molecule has 108 valence electrons. The number of alkyl halides is 1. The smallest absolute Gasteiger partial charge is 0.207 e. The van der Waals surface area contributed by atoms with Crippen molar-refractivity contribution in [1.29, 1.82) is 0 Å². The van der Waals surface area contributed by atoms with Gasteiger partial charge in [0.2, 0.25) is 10.0 Å². The maximum Gasteiger partial charge on any atom is 0.245 e. The van der Waals surface area contributed by atoms with E-state index in [1.165, 1.54) is 11.3 Å². The van der Waals surface area contributed by atoms with Crippen LogP contribution < -0.4 is 0 Å². The molecule has 7 heteroatoms. The Morgan fingerprint density at radius 2 is 2.26 bits per heavy atom. The number of hydrogen-bond donors (Lipinski definition) is 0. The Morgan fingerprint density at radius 3 is 2.74 bits per heavy atom. The van der Waals surface area contributed by atoms with Crippen LogP contribution in [0.2, 0.25) is 0 Å². The van der Waals surface area contributed by atoms with Crippen LogP contribution in [0, 0.1) is 11.8 Å². The van der Waals surface area contributed by atoms with E-state index in [4.69, 9.17) is 11.6 Å². The summed E-state index contributed by atoms with van der Waals surface area (Å²) in [6.45, 7) is 5.53. The van der Waals surface area contributed by atoms with E-state index in [0.717, 1.165) is 11.3 Å². The Balaban J connectivity index is 2.26. The normalized spacial score (nSPS) is 21.4. The Kier molecular flexibility index (Phi) is 4.99. The fraction of sp³-hybridized carbons (Fsp3) is 0.667. The average molecular weight is 387 g/mol. The third kappa shape index (κ3) is 3.18. The fourth-order valence-corrected chi connectivity index (χ4v) is 6.53. The molecule has 2 heterocycles. The fourth-order valence-electron chi connectivity index (χ4n) is 2.30. The van der Waals surface area contributed by atoms with Crippen molar-refractivity contribution in [3.63, 3.8) is 0 Å². The zero-order chi connectivity index (χ0) is 14.2. The minimum absolute atomic E-state index is 0.341. The Morgan fingerprint density at radius 1 is 1.58 bits per heavy atom. The lowest BCUT2D eigenvalue weighted by molar-refractivity contribution is 0.388. The molecule has 0 aliphatic carbocycles. The molecule has 1 fully saturated rings. The van der Waals surface area contributed by atoms with E-state index in [-0.39, 0.29) is 0 Å². The topological polar surface area (TPSA) is 37.4 Å². The Bertz CT molecular complexity index is 556. The van der Waals surface area contributed by atoms with Gasteiger partial charge < -0.3 is 0 Å². The van der Waals surface area contributed by atoms with E-state index >= 15 is 0 Å². The molecule has 1 atom stereocenters. The molecular formula is C12H17BrClNO2S2. The van der Waals surface area contributed by atoms with Crippen molar-refractivity contribution in [2.24, 2.45) is 11.8 Å². The summed E-state index contributed by atoms with van der Waals surface area (Å²) in [7, 11) is -3.39. The third-order valence-corrected chi connectivity index (χ3v) is 8.15. The second-order valence-electron chi connectivity index (χ2n) is 5.14. The monoisotopic (exact) mass is 385 g/mol. The predicted octanol–water partition coefficient (Wildman–Crippen LogP) is 3.92. The van der Waals surface area contributed by atoms with E-state index in [9.17, 15) is 8.42 Å². The number of halogens is 2.